The first-order chi connectivity index (χ1) is 18.6. The molecule has 39 heavy (non-hydrogen) atoms. The molecule has 1 saturated heterocycles. The Bertz CT molecular complexity index is 999. The molecule has 2 N–H and O–H groups in total. The number of aliphatic hydroxyl groups is 1. The van der Waals surface area contributed by atoms with Crippen LogP contribution in [0.1, 0.15) is 47.9 Å². The molecule has 1 fully saturated rings. The van der Waals surface area contributed by atoms with E-state index < -0.39 is 30.2 Å². The normalized spacial score (nSPS) is 19.5. The van der Waals surface area contributed by atoms with E-state index in [0.717, 1.165) is 9.96 Å². The lowest BCUT2D eigenvalue weighted by Crippen LogP contribution is -2.47. The predicted molar refractivity (Wildman–Crippen MR) is 137 cm³/mol. The molecule has 0 saturated carbocycles. The number of hydrogen-bond acceptors (Lipinski definition) is 11. The second-order valence-electron chi connectivity index (χ2n) is 10.1. The molecule has 0 radical (unpaired) electrons. The van der Waals surface area contributed by atoms with Crippen molar-refractivity contribution in [2.75, 3.05) is 66.4 Å². The average molecular weight is 554 g/mol. The highest BCUT2D eigenvalue weighted by Crippen LogP contribution is 2.32. The number of fused-ring (bicyclic) bond motifs is 1. The monoisotopic (exact) mass is 553 g/mol. The van der Waals surface area contributed by atoms with E-state index in [1.54, 1.807) is 11.0 Å². The van der Waals surface area contributed by atoms with Crippen LogP contribution in [0, 0.1) is 0 Å². The fourth-order valence-electron chi connectivity index (χ4n) is 4.36. The fourth-order valence-corrected chi connectivity index (χ4v) is 4.36. The van der Waals surface area contributed by atoms with E-state index in [-0.39, 0.29) is 36.2 Å². The molecule has 1 aromatic rings. The number of aliphatic hydroxyl groups excluding tert-OH is 1. The summed E-state index contributed by atoms with van der Waals surface area (Å²) in [6.07, 6.45) is -1.42. The van der Waals surface area contributed by atoms with Gasteiger partial charge in [-0.3, -0.25) is 14.5 Å². The van der Waals surface area contributed by atoms with E-state index in [1.807, 2.05) is 20.8 Å². The second-order valence-corrected chi connectivity index (χ2v) is 10.1. The van der Waals surface area contributed by atoms with E-state index >= 15 is 0 Å². The Labute approximate surface area is 228 Å². The Kier molecular flexibility index (Phi) is 11.0. The lowest BCUT2D eigenvalue weighted by molar-refractivity contribution is -0.179. The van der Waals surface area contributed by atoms with Crippen molar-refractivity contribution in [3.63, 3.8) is 0 Å². The van der Waals surface area contributed by atoms with Crippen LogP contribution in [0.5, 0.6) is 5.75 Å². The quantitative estimate of drug-likeness (QED) is 0.254. The summed E-state index contributed by atoms with van der Waals surface area (Å²) in [6.45, 7) is 8.78. The summed E-state index contributed by atoms with van der Waals surface area (Å²) in [5.74, 6) is -0.600. The number of nitrogens with zero attached hydrogens (tertiary/aromatic N) is 3. The maximum Gasteiger partial charge on any atom is 0.409 e. The Morgan fingerprint density at radius 1 is 0.974 bits per heavy atom. The van der Waals surface area contributed by atoms with E-state index in [0.29, 0.717) is 51.9 Å². The summed E-state index contributed by atoms with van der Waals surface area (Å²) in [6, 6.07) is 3.82. The zero-order chi connectivity index (χ0) is 28.6. The van der Waals surface area contributed by atoms with Crippen LogP contribution in [-0.4, -0.2) is 127 Å². The number of hydroxylamine groups is 2. The highest BCUT2D eigenvalue weighted by atomic mass is 16.6. The summed E-state index contributed by atoms with van der Waals surface area (Å²) in [5, 5.41) is 20.4. The third kappa shape index (κ3) is 7.87. The standard InChI is InChI=1S/C26H39N3O10/c1-26(2,3)27(25(33)35-4)9-10-36-11-12-37-13-14-38-15-16-39-18-5-6-19-20(17-18)23(31)29(22(19)30)21-7-8-28(34)24(21)32/h5-6,17,21,24,32,34H,7-16H2,1-4H3. The van der Waals surface area contributed by atoms with Crippen LogP contribution < -0.4 is 4.74 Å². The molecule has 2 atom stereocenters. The van der Waals surface area contributed by atoms with Gasteiger partial charge < -0.3 is 38.9 Å². The van der Waals surface area contributed by atoms with Crippen molar-refractivity contribution in [1.29, 1.82) is 0 Å². The van der Waals surface area contributed by atoms with Crippen LogP contribution in [0.4, 0.5) is 4.79 Å². The average Bonchev–Trinajstić information content (AvgIpc) is 3.35. The summed E-state index contributed by atoms with van der Waals surface area (Å²) >= 11 is 0. The summed E-state index contributed by atoms with van der Waals surface area (Å²) in [4.78, 5) is 40.0. The molecule has 2 heterocycles. The zero-order valence-corrected chi connectivity index (χ0v) is 23.0. The molecule has 1 aromatic carbocycles. The number of imide groups is 1. The molecular formula is C26H39N3O10. The van der Waals surface area contributed by atoms with Gasteiger partial charge in [-0.2, -0.15) is 5.06 Å². The van der Waals surface area contributed by atoms with Gasteiger partial charge >= 0.3 is 6.09 Å². The van der Waals surface area contributed by atoms with Crippen LogP contribution >= 0.6 is 0 Å². The SMILES string of the molecule is COC(=O)N(CCOCCOCCOCCOc1ccc2c(c1)C(=O)N(C1CCN(O)C1O)C2=O)C(C)(C)C. The molecule has 3 amide bonds. The number of carbonyl (C=O) groups is 3. The van der Waals surface area contributed by atoms with Gasteiger partial charge in [-0.1, -0.05) is 0 Å². The summed E-state index contributed by atoms with van der Waals surface area (Å²) in [5.41, 5.74) is 0.0765. The number of hydrogen-bond donors (Lipinski definition) is 2. The predicted octanol–water partition coefficient (Wildman–Crippen LogP) is 1.36. The Hall–Kier alpha value is -2.81. The van der Waals surface area contributed by atoms with E-state index in [2.05, 4.69) is 0 Å². The van der Waals surface area contributed by atoms with E-state index in [9.17, 15) is 24.7 Å². The molecule has 3 rings (SSSR count). The minimum Gasteiger partial charge on any atom is -0.491 e. The molecule has 0 spiro atoms. The van der Waals surface area contributed by atoms with Crippen LogP contribution in [0.2, 0.25) is 0 Å². The second kappa shape index (κ2) is 14.0. The van der Waals surface area contributed by atoms with Gasteiger partial charge in [0, 0.05) is 18.6 Å². The lowest BCUT2D eigenvalue weighted by Gasteiger charge is -2.34. The van der Waals surface area contributed by atoms with E-state index in [4.69, 9.17) is 23.7 Å². The number of ether oxygens (including phenoxy) is 5. The third-order valence-electron chi connectivity index (χ3n) is 6.43. The molecular weight excluding hydrogens is 514 g/mol. The van der Waals surface area contributed by atoms with Gasteiger partial charge in [0.1, 0.15) is 18.6 Å². The highest BCUT2D eigenvalue weighted by Gasteiger charge is 2.46. The van der Waals surface area contributed by atoms with Gasteiger partial charge in [0.25, 0.3) is 11.8 Å². The van der Waals surface area contributed by atoms with Crippen molar-refractivity contribution in [3.05, 3.63) is 29.3 Å². The van der Waals surface area contributed by atoms with Crippen molar-refractivity contribution in [1.82, 2.24) is 14.9 Å². The minimum absolute atomic E-state index is 0.168. The van der Waals surface area contributed by atoms with Gasteiger partial charge in [0.05, 0.1) is 63.9 Å². The Morgan fingerprint density at radius 3 is 2.13 bits per heavy atom. The van der Waals surface area contributed by atoms with Crippen molar-refractivity contribution < 1.29 is 48.4 Å². The lowest BCUT2D eigenvalue weighted by atomic mass is 10.1. The first-order valence-electron chi connectivity index (χ1n) is 12.9. The number of rotatable bonds is 14. The van der Waals surface area contributed by atoms with Crippen molar-refractivity contribution >= 4 is 17.9 Å². The van der Waals surface area contributed by atoms with Gasteiger partial charge in [-0.15, -0.1) is 0 Å². The van der Waals surface area contributed by atoms with Gasteiger partial charge in [-0.25, -0.2) is 4.79 Å². The molecule has 13 nitrogen and oxygen atoms in total. The molecule has 2 unspecified atom stereocenters. The van der Waals surface area contributed by atoms with Crippen molar-refractivity contribution in [2.45, 2.75) is 45.0 Å². The molecule has 2 aliphatic rings. The minimum atomic E-state index is -1.31. The smallest absolute Gasteiger partial charge is 0.409 e. The molecule has 2 aliphatic heterocycles. The van der Waals surface area contributed by atoms with Crippen LogP contribution in [0.3, 0.4) is 0 Å². The molecule has 218 valence electrons. The topological polar surface area (TPSA) is 148 Å². The Morgan fingerprint density at radius 2 is 1.56 bits per heavy atom. The van der Waals surface area contributed by atoms with Crippen LogP contribution in [-0.2, 0) is 18.9 Å². The third-order valence-corrected chi connectivity index (χ3v) is 6.43. The van der Waals surface area contributed by atoms with Crippen LogP contribution in [0.15, 0.2) is 18.2 Å². The number of benzene rings is 1. The zero-order valence-electron chi connectivity index (χ0n) is 23.0. The summed E-state index contributed by atoms with van der Waals surface area (Å²) < 4.78 is 27.0. The highest BCUT2D eigenvalue weighted by molar-refractivity contribution is 6.21. The van der Waals surface area contributed by atoms with Crippen molar-refractivity contribution in [3.8, 4) is 5.75 Å². The molecule has 0 aliphatic carbocycles. The molecule has 13 heteroatoms. The number of carbonyl (C=O) groups excluding carboxylic acids is 3. The first kappa shape index (κ1) is 30.7. The largest absolute Gasteiger partial charge is 0.491 e. The fraction of sp³-hybridized carbons (Fsp3) is 0.654. The van der Waals surface area contributed by atoms with Gasteiger partial charge in [0.2, 0.25) is 0 Å². The van der Waals surface area contributed by atoms with Gasteiger partial charge in [0.15, 0.2) is 0 Å². The van der Waals surface area contributed by atoms with E-state index in [1.165, 1.54) is 19.2 Å². The molecule has 0 bridgehead atoms. The van der Waals surface area contributed by atoms with Crippen LogP contribution in [0.25, 0.3) is 0 Å². The summed E-state index contributed by atoms with van der Waals surface area (Å²) in [7, 11) is 1.35. The Balaban J connectivity index is 1.27. The maximum atomic E-state index is 12.8. The number of methoxy groups -OCH3 is 1. The maximum absolute atomic E-state index is 12.8. The van der Waals surface area contributed by atoms with Gasteiger partial charge in [-0.05, 0) is 45.4 Å². The number of amides is 3. The molecule has 0 aromatic heterocycles. The first-order valence-corrected chi connectivity index (χ1v) is 12.9. The van der Waals surface area contributed by atoms with Crippen molar-refractivity contribution in [2.24, 2.45) is 0 Å².